The molecule has 0 aromatic heterocycles. The van der Waals surface area contributed by atoms with Gasteiger partial charge in [-0.25, -0.2) is 0 Å². The van der Waals surface area contributed by atoms with Crippen LogP contribution >= 0.6 is 12.2 Å². The van der Waals surface area contributed by atoms with E-state index in [-0.39, 0.29) is 0 Å². The van der Waals surface area contributed by atoms with Crippen LogP contribution in [0.5, 0.6) is 0 Å². The molecule has 16 heavy (non-hydrogen) atoms. The second-order valence-corrected chi connectivity index (χ2v) is 5.58. The van der Waals surface area contributed by atoms with Crippen molar-refractivity contribution >= 4 is 17.3 Å². The van der Waals surface area contributed by atoms with Gasteiger partial charge in [-0.1, -0.05) is 19.3 Å². The summed E-state index contributed by atoms with van der Waals surface area (Å²) in [6, 6.07) is 1.41. The van der Waals surface area contributed by atoms with Crippen molar-refractivity contribution in [2.45, 2.75) is 51.1 Å². The maximum atomic E-state index is 5.69. The fourth-order valence-electron chi connectivity index (χ4n) is 3.13. The van der Waals surface area contributed by atoms with Gasteiger partial charge in [0.1, 0.15) is 0 Å². The molecule has 1 aliphatic heterocycles. The third-order valence-electron chi connectivity index (χ3n) is 4.03. The number of nitrogens with two attached hydrogens (primary N) is 1. The maximum absolute atomic E-state index is 5.69. The second-order valence-electron chi connectivity index (χ2n) is 5.16. The topological polar surface area (TPSA) is 32.5 Å². The molecule has 0 spiro atoms. The molecule has 0 aromatic carbocycles. The lowest BCUT2D eigenvalue weighted by molar-refractivity contribution is 0.0606. The Kier molecular flexibility index (Phi) is 4.03. The largest absolute Gasteiger partial charge is 0.376 e. The van der Waals surface area contributed by atoms with E-state index in [1.165, 1.54) is 32.1 Å². The van der Waals surface area contributed by atoms with Gasteiger partial charge in [0.15, 0.2) is 5.11 Å². The van der Waals surface area contributed by atoms with Gasteiger partial charge >= 0.3 is 0 Å². The Morgan fingerprint density at radius 2 is 1.88 bits per heavy atom. The van der Waals surface area contributed by atoms with Crippen LogP contribution < -0.4 is 5.73 Å². The first-order chi connectivity index (χ1) is 7.68. The molecule has 2 aliphatic rings. The number of piperazine rings is 1. The van der Waals surface area contributed by atoms with Crippen LogP contribution in [0.2, 0.25) is 0 Å². The van der Waals surface area contributed by atoms with Crippen molar-refractivity contribution in [1.82, 2.24) is 9.80 Å². The SMILES string of the molecule is CC1CN(C(N)=S)CCN1C1CCCCC1. The molecule has 2 N–H and O–H groups in total. The van der Waals surface area contributed by atoms with Crippen molar-refractivity contribution in [3.05, 3.63) is 0 Å². The molecule has 1 aliphatic carbocycles. The number of nitrogens with zero attached hydrogens (tertiary/aromatic N) is 2. The van der Waals surface area contributed by atoms with Crippen LogP contribution in [0.3, 0.4) is 0 Å². The van der Waals surface area contributed by atoms with Crippen LogP contribution in [0.4, 0.5) is 0 Å². The zero-order valence-electron chi connectivity index (χ0n) is 10.2. The summed E-state index contributed by atoms with van der Waals surface area (Å²) in [6.07, 6.45) is 7.02. The number of rotatable bonds is 1. The smallest absolute Gasteiger partial charge is 0.166 e. The van der Waals surface area contributed by atoms with Gasteiger partial charge in [-0.05, 0) is 32.0 Å². The minimum absolute atomic E-state index is 0.565. The molecule has 1 saturated heterocycles. The average Bonchev–Trinajstić information content (AvgIpc) is 2.30. The minimum Gasteiger partial charge on any atom is -0.376 e. The summed E-state index contributed by atoms with van der Waals surface area (Å²) in [4.78, 5) is 4.81. The van der Waals surface area contributed by atoms with E-state index in [0.29, 0.717) is 11.2 Å². The van der Waals surface area contributed by atoms with E-state index in [0.717, 1.165) is 25.7 Å². The van der Waals surface area contributed by atoms with Crippen molar-refractivity contribution in [3.63, 3.8) is 0 Å². The third-order valence-corrected chi connectivity index (χ3v) is 4.29. The van der Waals surface area contributed by atoms with E-state index in [1.54, 1.807) is 0 Å². The van der Waals surface area contributed by atoms with Gasteiger partial charge in [0.05, 0.1) is 0 Å². The predicted molar refractivity (Wildman–Crippen MR) is 71.4 cm³/mol. The first-order valence-electron chi connectivity index (χ1n) is 6.48. The second kappa shape index (κ2) is 5.32. The molecule has 1 heterocycles. The van der Waals surface area contributed by atoms with E-state index in [4.69, 9.17) is 18.0 Å². The lowest BCUT2D eigenvalue weighted by atomic mass is 9.92. The average molecular weight is 241 g/mol. The molecule has 0 amide bonds. The summed E-state index contributed by atoms with van der Waals surface area (Å²) in [5.41, 5.74) is 5.69. The predicted octanol–water partition coefficient (Wildman–Crippen LogP) is 1.57. The Bertz CT molecular complexity index is 251. The fourth-order valence-corrected chi connectivity index (χ4v) is 3.29. The summed E-state index contributed by atoms with van der Waals surface area (Å²) in [5, 5.41) is 0.565. The van der Waals surface area contributed by atoms with Crippen LogP contribution in [-0.4, -0.2) is 46.6 Å². The number of hydrogen-bond acceptors (Lipinski definition) is 2. The first kappa shape index (κ1) is 12.1. The van der Waals surface area contributed by atoms with E-state index in [9.17, 15) is 0 Å². The number of thiocarbonyl (C=S) groups is 1. The van der Waals surface area contributed by atoms with E-state index in [2.05, 4.69) is 16.7 Å². The highest BCUT2D eigenvalue weighted by Crippen LogP contribution is 2.25. The molecule has 0 aromatic rings. The summed E-state index contributed by atoms with van der Waals surface area (Å²) >= 11 is 5.05. The zero-order valence-corrected chi connectivity index (χ0v) is 11.0. The maximum Gasteiger partial charge on any atom is 0.166 e. The highest BCUT2D eigenvalue weighted by Gasteiger charge is 2.30. The van der Waals surface area contributed by atoms with Crippen LogP contribution in [0.1, 0.15) is 39.0 Å². The van der Waals surface area contributed by atoms with Gasteiger partial charge in [-0.15, -0.1) is 0 Å². The Labute approximate surface area is 104 Å². The molecule has 1 unspecified atom stereocenters. The van der Waals surface area contributed by atoms with Crippen LogP contribution in [0.25, 0.3) is 0 Å². The molecular weight excluding hydrogens is 218 g/mol. The van der Waals surface area contributed by atoms with Gasteiger partial charge in [0.2, 0.25) is 0 Å². The van der Waals surface area contributed by atoms with Crippen molar-refractivity contribution < 1.29 is 0 Å². The standard InChI is InChI=1S/C12H23N3S/c1-10-9-14(12(13)16)7-8-15(10)11-5-3-2-4-6-11/h10-11H,2-9H2,1H3,(H2,13,16). The number of hydrogen-bond donors (Lipinski definition) is 1. The Hall–Kier alpha value is -0.350. The zero-order chi connectivity index (χ0) is 11.5. The highest BCUT2D eigenvalue weighted by molar-refractivity contribution is 7.80. The minimum atomic E-state index is 0.565. The summed E-state index contributed by atoms with van der Waals surface area (Å²) < 4.78 is 0. The van der Waals surface area contributed by atoms with Crippen molar-refractivity contribution in [2.24, 2.45) is 5.73 Å². The highest BCUT2D eigenvalue weighted by atomic mass is 32.1. The van der Waals surface area contributed by atoms with E-state index < -0.39 is 0 Å². The molecule has 2 fully saturated rings. The van der Waals surface area contributed by atoms with Gasteiger partial charge in [-0.3, -0.25) is 4.90 Å². The molecule has 4 heteroatoms. The Morgan fingerprint density at radius 1 is 1.19 bits per heavy atom. The van der Waals surface area contributed by atoms with Crippen molar-refractivity contribution in [3.8, 4) is 0 Å². The van der Waals surface area contributed by atoms with Gasteiger partial charge < -0.3 is 10.6 Å². The first-order valence-corrected chi connectivity index (χ1v) is 6.89. The third kappa shape index (κ3) is 2.66. The molecule has 1 saturated carbocycles. The molecule has 92 valence electrons. The van der Waals surface area contributed by atoms with Crippen LogP contribution in [-0.2, 0) is 0 Å². The fraction of sp³-hybridized carbons (Fsp3) is 0.917. The monoisotopic (exact) mass is 241 g/mol. The van der Waals surface area contributed by atoms with Gasteiger partial charge in [0.25, 0.3) is 0 Å². The van der Waals surface area contributed by atoms with E-state index >= 15 is 0 Å². The van der Waals surface area contributed by atoms with Gasteiger partial charge in [0, 0.05) is 31.7 Å². The van der Waals surface area contributed by atoms with Crippen LogP contribution in [0, 0.1) is 0 Å². The lowest BCUT2D eigenvalue weighted by Gasteiger charge is -2.45. The Morgan fingerprint density at radius 3 is 2.44 bits per heavy atom. The molecule has 1 atom stereocenters. The Balaban J connectivity index is 1.90. The summed E-state index contributed by atoms with van der Waals surface area (Å²) in [6.45, 7) is 5.45. The molecule has 0 bridgehead atoms. The molecule has 3 nitrogen and oxygen atoms in total. The summed E-state index contributed by atoms with van der Waals surface area (Å²) in [5.74, 6) is 0. The van der Waals surface area contributed by atoms with Crippen molar-refractivity contribution in [1.29, 1.82) is 0 Å². The normalized spacial score (nSPS) is 29.3. The lowest BCUT2D eigenvalue weighted by Crippen LogP contribution is -2.57. The molecule has 2 rings (SSSR count). The van der Waals surface area contributed by atoms with Crippen LogP contribution in [0.15, 0.2) is 0 Å². The van der Waals surface area contributed by atoms with Crippen molar-refractivity contribution in [2.75, 3.05) is 19.6 Å². The quantitative estimate of drug-likeness (QED) is 0.706. The van der Waals surface area contributed by atoms with Gasteiger partial charge in [-0.2, -0.15) is 0 Å². The molecular formula is C12H23N3S. The van der Waals surface area contributed by atoms with E-state index in [1.807, 2.05) is 0 Å². The summed E-state index contributed by atoms with van der Waals surface area (Å²) in [7, 11) is 0. The molecule has 0 radical (unpaired) electrons.